The van der Waals surface area contributed by atoms with Crippen molar-refractivity contribution in [3.63, 3.8) is 0 Å². The quantitative estimate of drug-likeness (QED) is 0.810. The first kappa shape index (κ1) is 15.6. The highest BCUT2D eigenvalue weighted by atomic mass is 19.3. The van der Waals surface area contributed by atoms with Crippen LogP contribution in [0.25, 0.3) is 0 Å². The Labute approximate surface area is 120 Å². The molecule has 1 N–H and O–H groups in total. The fourth-order valence-electron chi connectivity index (χ4n) is 2.01. The Hall–Kier alpha value is -1.83. The number of aromatic nitrogens is 4. The average Bonchev–Trinajstić information content (AvgIpc) is 3.00. The molecule has 116 valence electrons. The van der Waals surface area contributed by atoms with Crippen molar-refractivity contribution in [3.05, 3.63) is 35.4 Å². The molecule has 0 saturated carbocycles. The molecule has 0 spiro atoms. The van der Waals surface area contributed by atoms with Crippen LogP contribution in [0.1, 0.15) is 17.0 Å². The van der Waals surface area contributed by atoms with Crippen LogP contribution in [0.5, 0.6) is 0 Å². The number of hydrogen-bond donors (Lipinski definition) is 1. The largest absolute Gasteiger partial charge is 0.307 e. The molecule has 0 saturated heterocycles. The highest BCUT2D eigenvalue weighted by Gasteiger charge is 2.10. The van der Waals surface area contributed by atoms with Crippen molar-refractivity contribution >= 4 is 0 Å². The summed E-state index contributed by atoms with van der Waals surface area (Å²) in [5.74, 6) is 0. The lowest BCUT2D eigenvalue weighted by Gasteiger charge is -2.05. The smallest absolute Gasteiger partial charge is 0.257 e. The van der Waals surface area contributed by atoms with E-state index in [1.807, 2.05) is 6.07 Å². The Kier molecular flexibility index (Phi) is 5.38. The highest BCUT2D eigenvalue weighted by molar-refractivity contribution is 5.16. The lowest BCUT2D eigenvalue weighted by atomic mass is 10.2. The number of nitrogens with one attached hydrogen (secondary N) is 1. The van der Waals surface area contributed by atoms with E-state index >= 15 is 0 Å². The van der Waals surface area contributed by atoms with E-state index in [-0.39, 0.29) is 13.1 Å². The molecule has 0 aliphatic rings. The predicted molar refractivity (Wildman–Crippen MR) is 71.7 cm³/mol. The van der Waals surface area contributed by atoms with Crippen LogP contribution in [0.4, 0.5) is 13.2 Å². The van der Waals surface area contributed by atoms with Crippen molar-refractivity contribution < 1.29 is 13.2 Å². The third kappa shape index (κ3) is 4.32. The van der Waals surface area contributed by atoms with E-state index in [1.165, 1.54) is 4.68 Å². The van der Waals surface area contributed by atoms with Gasteiger partial charge in [-0.1, -0.05) is 0 Å². The average molecular weight is 301 g/mol. The predicted octanol–water partition coefficient (Wildman–Crippen LogP) is 1.91. The summed E-state index contributed by atoms with van der Waals surface area (Å²) in [7, 11) is 0. The molecule has 2 heterocycles. The van der Waals surface area contributed by atoms with Gasteiger partial charge in [-0.2, -0.15) is 10.2 Å². The molecular formula is C13H18F3N5. The fourth-order valence-corrected chi connectivity index (χ4v) is 2.01. The molecular weight excluding hydrogens is 283 g/mol. The third-order valence-corrected chi connectivity index (χ3v) is 3.15. The Morgan fingerprint density at radius 2 is 2.14 bits per heavy atom. The van der Waals surface area contributed by atoms with Crippen LogP contribution in [0.2, 0.25) is 0 Å². The Bertz CT molecular complexity index is 564. The van der Waals surface area contributed by atoms with Crippen LogP contribution in [0, 0.1) is 6.92 Å². The lowest BCUT2D eigenvalue weighted by molar-refractivity contribution is 0.121. The zero-order valence-corrected chi connectivity index (χ0v) is 11.8. The van der Waals surface area contributed by atoms with Crippen LogP contribution in [-0.2, 0) is 26.2 Å². The van der Waals surface area contributed by atoms with Gasteiger partial charge in [-0.25, -0.2) is 13.2 Å². The van der Waals surface area contributed by atoms with Gasteiger partial charge in [0.15, 0.2) is 0 Å². The summed E-state index contributed by atoms with van der Waals surface area (Å²) in [6, 6.07) is 1.82. The van der Waals surface area contributed by atoms with Crippen LogP contribution >= 0.6 is 0 Å². The summed E-state index contributed by atoms with van der Waals surface area (Å²) >= 11 is 0. The molecule has 0 bridgehead atoms. The van der Waals surface area contributed by atoms with Crippen molar-refractivity contribution in [2.24, 2.45) is 0 Å². The fraction of sp³-hybridized carbons (Fsp3) is 0.538. The minimum atomic E-state index is -2.41. The van der Waals surface area contributed by atoms with Gasteiger partial charge in [-0.15, -0.1) is 0 Å². The number of rotatable bonds is 8. The molecule has 0 aliphatic heterocycles. The van der Waals surface area contributed by atoms with Gasteiger partial charge < -0.3 is 5.32 Å². The number of hydrogen-bond acceptors (Lipinski definition) is 3. The molecule has 0 amide bonds. The first-order valence-corrected chi connectivity index (χ1v) is 6.68. The van der Waals surface area contributed by atoms with Gasteiger partial charge >= 0.3 is 0 Å². The molecule has 21 heavy (non-hydrogen) atoms. The summed E-state index contributed by atoms with van der Waals surface area (Å²) in [6.45, 7) is 2.22. The second-order valence-corrected chi connectivity index (χ2v) is 4.69. The molecule has 2 rings (SSSR count). The topological polar surface area (TPSA) is 47.7 Å². The van der Waals surface area contributed by atoms with Gasteiger partial charge in [-0.05, 0) is 13.0 Å². The third-order valence-electron chi connectivity index (χ3n) is 3.15. The van der Waals surface area contributed by atoms with E-state index in [4.69, 9.17) is 0 Å². The standard InChI is InChI=1S/C13H18F3N5/c1-10-11(7-18-21(10)9-13(15)16)6-17-8-12-2-4-20(19-12)5-3-14/h2,4,7,13,17H,3,5-6,8-9H2,1H3. The lowest BCUT2D eigenvalue weighted by Crippen LogP contribution is -2.15. The van der Waals surface area contributed by atoms with Gasteiger partial charge in [0, 0.05) is 30.5 Å². The van der Waals surface area contributed by atoms with E-state index < -0.39 is 13.1 Å². The zero-order chi connectivity index (χ0) is 15.2. The molecule has 0 aliphatic carbocycles. The second kappa shape index (κ2) is 7.26. The maximum Gasteiger partial charge on any atom is 0.257 e. The Morgan fingerprint density at radius 3 is 2.86 bits per heavy atom. The summed E-state index contributed by atoms with van der Waals surface area (Å²) in [5, 5.41) is 11.3. The molecule has 0 fully saturated rings. The van der Waals surface area contributed by atoms with Crippen LogP contribution in [-0.4, -0.2) is 32.7 Å². The normalized spacial score (nSPS) is 11.5. The molecule has 0 atom stereocenters. The molecule has 0 unspecified atom stereocenters. The van der Waals surface area contributed by atoms with E-state index in [0.29, 0.717) is 13.1 Å². The summed E-state index contributed by atoms with van der Waals surface area (Å²) in [4.78, 5) is 0. The van der Waals surface area contributed by atoms with Crippen LogP contribution in [0.3, 0.4) is 0 Å². The van der Waals surface area contributed by atoms with Gasteiger partial charge in [0.05, 0.1) is 18.4 Å². The summed E-state index contributed by atoms with van der Waals surface area (Å²) < 4.78 is 39.7. The first-order valence-electron chi connectivity index (χ1n) is 6.68. The van der Waals surface area contributed by atoms with Gasteiger partial charge in [0.25, 0.3) is 6.43 Å². The highest BCUT2D eigenvalue weighted by Crippen LogP contribution is 2.09. The molecule has 2 aromatic rings. The van der Waals surface area contributed by atoms with E-state index in [2.05, 4.69) is 15.5 Å². The Morgan fingerprint density at radius 1 is 1.33 bits per heavy atom. The van der Waals surface area contributed by atoms with Gasteiger partial charge in [-0.3, -0.25) is 9.36 Å². The van der Waals surface area contributed by atoms with E-state index in [1.54, 1.807) is 24.0 Å². The summed E-state index contributed by atoms with van der Waals surface area (Å²) in [6.07, 6.45) is 0.901. The maximum absolute atomic E-state index is 12.3. The SMILES string of the molecule is Cc1c(CNCc2ccn(CCF)n2)cnn1CC(F)F. The van der Waals surface area contributed by atoms with Crippen molar-refractivity contribution in [1.82, 2.24) is 24.9 Å². The Balaban J connectivity index is 1.84. The first-order chi connectivity index (χ1) is 10.1. The van der Waals surface area contributed by atoms with Crippen molar-refractivity contribution in [2.75, 3.05) is 6.67 Å². The molecule has 0 aromatic carbocycles. The molecule has 5 nitrogen and oxygen atoms in total. The molecule has 8 heteroatoms. The molecule has 0 radical (unpaired) electrons. The minimum absolute atomic E-state index is 0.250. The van der Waals surface area contributed by atoms with Crippen LogP contribution in [0.15, 0.2) is 18.5 Å². The van der Waals surface area contributed by atoms with Crippen molar-refractivity contribution in [2.45, 2.75) is 39.5 Å². The number of nitrogens with zero attached hydrogens (tertiary/aromatic N) is 4. The van der Waals surface area contributed by atoms with Gasteiger partial charge in [0.1, 0.15) is 13.2 Å². The van der Waals surface area contributed by atoms with E-state index in [9.17, 15) is 13.2 Å². The number of halogens is 3. The second-order valence-electron chi connectivity index (χ2n) is 4.69. The zero-order valence-electron chi connectivity index (χ0n) is 11.8. The summed E-state index contributed by atoms with van der Waals surface area (Å²) in [5.41, 5.74) is 2.41. The number of aryl methyl sites for hydroxylation is 1. The molecule has 2 aromatic heterocycles. The van der Waals surface area contributed by atoms with Crippen molar-refractivity contribution in [1.29, 1.82) is 0 Å². The van der Waals surface area contributed by atoms with Crippen LogP contribution < -0.4 is 5.32 Å². The van der Waals surface area contributed by atoms with Gasteiger partial charge in [0.2, 0.25) is 0 Å². The maximum atomic E-state index is 12.3. The van der Waals surface area contributed by atoms with Crippen molar-refractivity contribution in [3.8, 4) is 0 Å². The monoisotopic (exact) mass is 301 g/mol. The van der Waals surface area contributed by atoms with E-state index in [0.717, 1.165) is 17.0 Å². The number of alkyl halides is 3. The minimum Gasteiger partial charge on any atom is -0.307 e.